The molecule has 2 amide bonds. The number of rotatable bonds is 8. The molecule has 0 aliphatic carbocycles. The summed E-state index contributed by atoms with van der Waals surface area (Å²) in [6, 6.07) is 0.418. The van der Waals surface area contributed by atoms with Gasteiger partial charge in [0, 0.05) is 45.3 Å². The number of piperidine rings is 3. The molecule has 3 saturated heterocycles. The molecule has 3 aliphatic rings. The number of carbonyl (C=O) groups is 2. The second-order valence-corrected chi connectivity index (χ2v) is 7.98. The van der Waals surface area contributed by atoms with E-state index in [4.69, 9.17) is 0 Å². The molecular formula is C18H31N7O2. The summed E-state index contributed by atoms with van der Waals surface area (Å²) in [5.74, 6) is 0.511. The summed E-state index contributed by atoms with van der Waals surface area (Å²) in [6.07, 6.45) is 4.12. The lowest BCUT2D eigenvalue weighted by molar-refractivity contribution is -0.133. The lowest BCUT2D eigenvalue weighted by Crippen LogP contribution is -2.58. The van der Waals surface area contributed by atoms with Crippen molar-refractivity contribution in [3.63, 3.8) is 0 Å². The largest absolute Gasteiger partial charge is 0.355 e. The molecule has 1 unspecified atom stereocenters. The van der Waals surface area contributed by atoms with Gasteiger partial charge >= 0.3 is 0 Å². The lowest BCUT2D eigenvalue weighted by Gasteiger charge is -2.49. The Morgan fingerprint density at radius 2 is 2.07 bits per heavy atom. The van der Waals surface area contributed by atoms with Gasteiger partial charge < -0.3 is 15.5 Å². The number of nitrogens with one attached hydrogen (secondary N) is 2. The molecule has 9 nitrogen and oxygen atoms in total. The first-order valence-corrected chi connectivity index (χ1v) is 9.72. The molecule has 0 radical (unpaired) electrons. The highest BCUT2D eigenvalue weighted by atomic mass is 16.2. The SMILES string of the molecule is CC(=O)NCCNC(=O)[C@@H]1CN2CC[C@@H]1C[C@@H]2Cn1cc(CN(C)C)nn1. The summed E-state index contributed by atoms with van der Waals surface area (Å²) in [6.45, 7) is 5.91. The molecule has 1 aromatic rings. The minimum atomic E-state index is -0.0724. The third-order valence-corrected chi connectivity index (χ3v) is 5.48. The number of hydrogen-bond acceptors (Lipinski definition) is 6. The number of amides is 2. The topological polar surface area (TPSA) is 95.4 Å². The maximum absolute atomic E-state index is 12.5. The number of hydrogen-bond donors (Lipinski definition) is 2. The van der Waals surface area contributed by atoms with E-state index in [1.807, 2.05) is 25.0 Å². The van der Waals surface area contributed by atoms with Crippen LogP contribution in [-0.2, 0) is 22.7 Å². The molecule has 3 aliphatic heterocycles. The normalized spacial score (nSPS) is 27.0. The van der Waals surface area contributed by atoms with Gasteiger partial charge in [-0.3, -0.25) is 19.2 Å². The van der Waals surface area contributed by atoms with Crippen molar-refractivity contribution in [1.82, 2.24) is 35.4 Å². The molecular weight excluding hydrogens is 346 g/mol. The number of carbonyl (C=O) groups excluding carboxylic acids is 2. The summed E-state index contributed by atoms with van der Waals surface area (Å²) in [7, 11) is 4.04. The van der Waals surface area contributed by atoms with Crippen molar-refractivity contribution in [2.45, 2.75) is 38.9 Å². The van der Waals surface area contributed by atoms with Gasteiger partial charge in [0.05, 0.1) is 18.2 Å². The van der Waals surface area contributed by atoms with Crippen molar-refractivity contribution in [3.05, 3.63) is 11.9 Å². The van der Waals surface area contributed by atoms with Crippen LogP contribution >= 0.6 is 0 Å². The van der Waals surface area contributed by atoms with Crippen molar-refractivity contribution >= 4 is 11.8 Å². The Morgan fingerprint density at radius 3 is 2.74 bits per heavy atom. The Labute approximate surface area is 160 Å². The molecule has 1 aromatic heterocycles. The zero-order valence-corrected chi connectivity index (χ0v) is 16.5. The van der Waals surface area contributed by atoms with Crippen LogP contribution in [0.4, 0.5) is 0 Å². The van der Waals surface area contributed by atoms with Crippen LogP contribution in [0.5, 0.6) is 0 Å². The van der Waals surface area contributed by atoms with E-state index in [0.29, 0.717) is 25.0 Å². The van der Waals surface area contributed by atoms with Gasteiger partial charge in [0.25, 0.3) is 0 Å². The molecule has 9 heteroatoms. The Morgan fingerprint density at radius 1 is 1.30 bits per heavy atom. The molecule has 0 aromatic carbocycles. The fraction of sp³-hybridized carbons (Fsp3) is 0.778. The first kappa shape index (κ1) is 19.8. The van der Waals surface area contributed by atoms with E-state index >= 15 is 0 Å². The molecule has 0 saturated carbocycles. The highest BCUT2D eigenvalue weighted by molar-refractivity contribution is 5.79. The van der Waals surface area contributed by atoms with Crippen LogP contribution in [0.2, 0.25) is 0 Å². The highest BCUT2D eigenvalue weighted by Crippen LogP contribution is 2.36. The van der Waals surface area contributed by atoms with Gasteiger partial charge in [-0.2, -0.15) is 0 Å². The molecule has 0 spiro atoms. The summed E-state index contributed by atoms with van der Waals surface area (Å²) in [5.41, 5.74) is 0.979. The maximum atomic E-state index is 12.5. The molecule has 150 valence electrons. The second-order valence-electron chi connectivity index (χ2n) is 7.98. The monoisotopic (exact) mass is 377 g/mol. The van der Waals surface area contributed by atoms with E-state index in [0.717, 1.165) is 44.7 Å². The van der Waals surface area contributed by atoms with Gasteiger partial charge in [0.1, 0.15) is 0 Å². The van der Waals surface area contributed by atoms with Crippen LogP contribution in [-0.4, -0.2) is 82.9 Å². The van der Waals surface area contributed by atoms with E-state index < -0.39 is 0 Å². The Hall–Kier alpha value is -2.00. The number of nitrogens with zero attached hydrogens (tertiary/aromatic N) is 5. The minimum absolute atomic E-state index is 0.0485. The zero-order valence-electron chi connectivity index (χ0n) is 16.5. The number of aromatic nitrogens is 3. The van der Waals surface area contributed by atoms with Crippen LogP contribution in [0.1, 0.15) is 25.5 Å². The van der Waals surface area contributed by atoms with Gasteiger partial charge in [0.2, 0.25) is 11.8 Å². The predicted molar refractivity (Wildman–Crippen MR) is 101 cm³/mol. The average molecular weight is 377 g/mol. The summed E-state index contributed by atoms with van der Waals surface area (Å²) in [5, 5.41) is 14.2. The van der Waals surface area contributed by atoms with E-state index in [2.05, 4.69) is 30.7 Å². The lowest BCUT2D eigenvalue weighted by atomic mass is 9.75. The molecule has 27 heavy (non-hydrogen) atoms. The zero-order chi connectivity index (χ0) is 19.4. The highest BCUT2D eigenvalue weighted by Gasteiger charge is 2.43. The van der Waals surface area contributed by atoms with E-state index in [1.165, 1.54) is 6.92 Å². The second kappa shape index (κ2) is 8.79. The van der Waals surface area contributed by atoms with Crippen LogP contribution in [0, 0.1) is 11.8 Å². The third kappa shape index (κ3) is 5.26. The molecule has 4 rings (SSSR count). The van der Waals surface area contributed by atoms with Crippen molar-refractivity contribution in [1.29, 1.82) is 0 Å². The molecule has 2 bridgehead atoms. The average Bonchev–Trinajstić information content (AvgIpc) is 3.05. The van der Waals surface area contributed by atoms with E-state index in [1.54, 1.807) is 0 Å². The minimum Gasteiger partial charge on any atom is -0.355 e. The fourth-order valence-electron chi connectivity index (χ4n) is 4.22. The van der Waals surface area contributed by atoms with Gasteiger partial charge in [-0.15, -0.1) is 5.10 Å². The van der Waals surface area contributed by atoms with Gasteiger partial charge in [0.15, 0.2) is 0 Å². The maximum Gasteiger partial charge on any atom is 0.224 e. The van der Waals surface area contributed by atoms with Gasteiger partial charge in [-0.05, 0) is 39.4 Å². The van der Waals surface area contributed by atoms with E-state index in [-0.39, 0.29) is 17.7 Å². The van der Waals surface area contributed by atoms with Crippen molar-refractivity contribution in [3.8, 4) is 0 Å². The third-order valence-electron chi connectivity index (χ3n) is 5.48. The first-order valence-electron chi connectivity index (χ1n) is 9.72. The van der Waals surface area contributed by atoms with Crippen molar-refractivity contribution < 1.29 is 9.59 Å². The summed E-state index contributed by atoms with van der Waals surface area (Å²) < 4.78 is 1.94. The summed E-state index contributed by atoms with van der Waals surface area (Å²) in [4.78, 5) is 27.9. The quantitative estimate of drug-likeness (QED) is 0.582. The fourth-order valence-corrected chi connectivity index (χ4v) is 4.22. The Balaban J connectivity index is 1.49. The van der Waals surface area contributed by atoms with Crippen LogP contribution < -0.4 is 10.6 Å². The Kier molecular flexibility index (Phi) is 6.43. The standard InChI is InChI=1S/C18H31N7O2/c1-13(26)19-5-6-20-18(27)17-12-24-7-4-14(17)8-16(24)11-25-10-15(21-22-25)9-23(2)3/h10,14,16-17H,4-9,11-12H2,1-3H3,(H,19,26)(H,20,27)/t14-,16-,17-/m1/s1. The molecule has 4 atom stereocenters. The van der Waals surface area contributed by atoms with E-state index in [9.17, 15) is 9.59 Å². The molecule has 3 fully saturated rings. The van der Waals surface area contributed by atoms with Gasteiger partial charge in [-0.1, -0.05) is 5.21 Å². The number of fused-ring (bicyclic) bond motifs is 3. The summed E-state index contributed by atoms with van der Waals surface area (Å²) >= 11 is 0. The van der Waals surface area contributed by atoms with Crippen LogP contribution in [0.15, 0.2) is 6.20 Å². The molecule has 2 N–H and O–H groups in total. The van der Waals surface area contributed by atoms with Crippen molar-refractivity contribution in [2.24, 2.45) is 11.8 Å². The van der Waals surface area contributed by atoms with Crippen LogP contribution in [0.3, 0.4) is 0 Å². The predicted octanol–water partition coefficient (Wildman–Crippen LogP) is -0.698. The first-order chi connectivity index (χ1) is 12.9. The van der Waals surface area contributed by atoms with Crippen molar-refractivity contribution in [2.75, 3.05) is 40.3 Å². The smallest absolute Gasteiger partial charge is 0.224 e. The van der Waals surface area contributed by atoms with Crippen LogP contribution in [0.25, 0.3) is 0 Å². The Bertz CT molecular complexity index is 660. The molecule has 4 heterocycles. The van der Waals surface area contributed by atoms with Gasteiger partial charge in [-0.25, -0.2) is 0 Å².